The second-order valence-electron chi connectivity index (χ2n) is 6.97. The summed E-state index contributed by atoms with van der Waals surface area (Å²) >= 11 is 8.75. The molecule has 0 spiro atoms. The van der Waals surface area contributed by atoms with E-state index in [1.165, 1.54) is 4.57 Å². The fraction of sp³-hybridized carbons (Fsp3) is 0.238. The number of nitrogens with zero attached hydrogens (tertiary/aromatic N) is 1. The standard InChI is InChI=1S/C21H20BrN3O4S/c1-28-15-9-11-7-8-23-18(14(11)10-16(15)29-2)17-19(26)24-21(30)25(20(17)27)13-5-3-12(22)4-6-13/h3-6,9-10,18,23,27H,7-8H2,1-2H3,(H,24,26,30)/p+1/t18-/m0/s1. The lowest BCUT2D eigenvalue weighted by Crippen LogP contribution is -2.87. The van der Waals surface area contributed by atoms with Crippen molar-refractivity contribution in [3.8, 4) is 23.1 Å². The van der Waals surface area contributed by atoms with Gasteiger partial charge in [-0.15, -0.1) is 0 Å². The maximum atomic E-state index is 12.9. The van der Waals surface area contributed by atoms with Crippen molar-refractivity contribution in [2.75, 3.05) is 20.8 Å². The van der Waals surface area contributed by atoms with Crippen molar-refractivity contribution in [3.05, 3.63) is 72.7 Å². The molecule has 0 fully saturated rings. The van der Waals surface area contributed by atoms with Gasteiger partial charge < -0.3 is 19.9 Å². The van der Waals surface area contributed by atoms with E-state index in [1.54, 1.807) is 14.2 Å². The highest BCUT2D eigenvalue weighted by molar-refractivity contribution is 9.10. The number of methoxy groups -OCH3 is 2. The number of nitrogens with two attached hydrogens (primary N) is 1. The highest BCUT2D eigenvalue weighted by atomic mass is 79.9. The SMILES string of the molecule is COc1cc2c(cc1OC)[C@@H](c1c(O)n(-c3ccc(Br)cc3)c(=S)[nH]c1=O)[NH2+]CC2. The first kappa shape index (κ1) is 20.6. The zero-order chi connectivity index (χ0) is 21.4. The smallest absolute Gasteiger partial charge is 0.265 e. The van der Waals surface area contributed by atoms with Gasteiger partial charge in [-0.25, -0.2) is 0 Å². The molecule has 0 bridgehead atoms. The average Bonchev–Trinajstić information content (AvgIpc) is 2.73. The molecule has 0 saturated heterocycles. The van der Waals surface area contributed by atoms with Gasteiger partial charge in [-0.05, 0) is 54.2 Å². The van der Waals surface area contributed by atoms with Crippen LogP contribution in [0.25, 0.3) is 5.69 Å². The summed E-state index contributed by atoms with van der Waals surface area (Å²) in [5, 5.41) is 13.2. The van der Waals surface area contributed by atoms with Crippen LogP contribution in [0.5, 0.6) is 17.4 Å². The Hall–Kier alpha value is -2.62. The Labute approximate surface area is 186 Å². The second-order valence-corrected chi connectivity index (χ2v) is 8.27. The van der Waals surface area contributed by atoms with Gasteiger partial charge in [-0.3, -0.25) is 14.3 Å². The third-order valence-electron chi connectivity index (χ3n) is 5.31. The Kier molecular flexibility index (Phi) is 5.68. The van der Waals surface area contributed by atoms with Gasteiger partial charge in [-0.1, -0.05) is 15.9 Å². The normalized spacial score (nSPS) is 15.5. The number of rotatable bonds is 4. The number of benzene rings is 2. The monoisotopic (exact) mass is 490 g/mol. The van der Waals surface area contributed by atoms with Crippen LogP contribution in [-0.2, 0) is 6.42 Å². The molecule has 1 aromatic heterocycles. The number of hydrogen-bond acceptors (Lipinski definition) is 5. The Morgan fingerprint density at radius 2 is 1.87 bits per heavy atom. The van der Waals surface area contributed by atoms with Crippen LogP contribution in [0, 0.1) is 4.77 Å². The number of H-pyrrole nitrogens is 1. The lowest BCUT2D eigenvalue weighted by atomic mass is 9.90. The van der Waals surface area contributed by atoms with Gasteiger partial charge in [0.2, 0.25) is 5.88 Å². The quantitative estimate of drug-likeness (QED) is 0.488. The van der Waals surface area contributed by atoms with Crippen molar-refractivity contribution >= 4 is 28.1 Å². The van der Waals surface area contributed by atoms with Gasteiger partial charge in [0.15, 0.2) is 16.3 Å². The maximum absolute atomic E-state index is 12.9. The molecule has 0 unspecified atom stereocenters. The minimum atomic E-state index is -0.408. The summed E-state index contributed by atoms with van der Waals surface area (Å²) in [5.41, 5.74) is 2.45. The first-order valence-electron chi connectivity index (χ1n) is 9.36. The highest BCUT2D eigenvalue weighted by Gasteiger charge is 2.33. The van der Waals surface area contributed by atoms with Crippen molar-refractivity contribution in [2.24, 2.45) is 0 Å². The summed E-state index contributed by atoms with van der Waals surface area (Å²) in [4.78, 5) is 15.6. The lowest BCUT2D eigenvalue weighted by Gasteiger charge is -2.26. The molecule has 0 saturated carbocycles. The van der Waals surface area contributed by atoms with Gasteiger partial charge in [-0.2, -0.15) is 0 Å². The summed E-state index contributed by atoms with van der Waals surface area (Å²) in [6.07, 6.45) is 0.816. The molecule has 1 aliphatic heterocycles. The van der Waals surface area contributed by atoms with Gasteiger partial charge in [0, 0.05) is 16.5 Å². The minimum absolute atomic E-state index is 0.131. The molecule has 9 heteroatoms. The number of aromatic amines is 1. The van der Waals surface area contributed by atoms with E-state index in [-0.39, 0.29) is 16.2 Å². The van der Waals surface area contributed by atoms with Crippen LogP contribution >= 0.6 is 28.1 Å². The van der Waals surface area contributed by atoms with Crippen molar-refractivity contribution in [1.82, 2.24) is 9.55 Å². The van der Waals surface area contributed by atoms with Gasteiger partial charge in [0.1, 0.15) is 11.6 Å². The van der Waals surface area contributed by atoms with E-state index < -0.39 is 11.6 Å². The van der Waals surface area contributed by atoms with Crippen LogP contribution in [0.1, 0.15) is 22.7 Å². The number of hydrogen-bond donors (Lipinski definition) is 3. The largest absolute Gasteiger partial charge is 0.494 e. The topological polar surface area (TPSA) is 93.1 Å². The van der Waals surface area contributed by atoms with E-state index in [1.807, 2.05) is 41.7 Å². The average molecular weight is 491 g/mol. The van der Waals surface area contributed by atoms with Crippen LogP contribution < -0.4 is 20.3 Å². The molecular weight excluding hydrogens is 470 g/mol. The predicted octanol–water partition coefficient (Wildman–Crippen LogP) is 2.59. The molecule has 1 atom stereocenters. The molecule has 0 aliphatic carbocycles. The van der Waals surface area contributed by atoms with Gasteiger partial charge in [0.25, 0.3) is 5.56 Å². The summed E-state index contributed by atoms with van der Waals surface area (Å²) < 4.78 is 13.4. The molecule has 2 heterocycles. The number of quaternary nitrogens is 1. The van der Waals surface area contributed by atoms with Crippen LogP contribution in [0.2, 0.25) is 0 Å². The fourth-order valence-electron chi connectivity index (χ4n) is 3.90. The number of ether oxygens (including phenoxy) is 2. The van der Waals surface area contributed by atoms with Crippen molar-refractivity contribution in [1.29, 1.82) is 0 Å². The Morgan fingerprint density at radius 3 is 2.53 bits per heavy atom. The van der Waals surface area contributed by atoms with Crippen molar-refractivity contribution in [2.45, 2.75) is 12.5 Å². The molecule has 0 radical (unpaired) electrons. The zero-order valence-electron chi connectivity index (χ0n) is 16.4. The molecule has 2 aromatic carbocycles. The minimum Gasteiger partial charge on any atom is -0.494 e. The number of nitrogens with one attached hydrogen (secondary N) is 1. The van der Waals surface area contributed by atoms with E-state index in [0.717, 1.165) is 28.6 Å². The molecule has 0 amide bonds. The first-order valence-corrected chi connectivity index (χ1v) is 10.6. The summed E-state index contributed by atoms with van der Waals surface area (Å²) in [5.74, 6) is 1.05. The molecule has 4 N–H and O–H groups in total. The number of halogens is 1. The fourth-order valence-corrected chi connectivity index (χ4v) is 4.45. The molecular formula is C21H21BrN3O4S+. The molecule has 7 nitrogen and oxygen atoms in total. The van der Waals surface area contributed by atoms with E-state index in [2.05, 4.69) is 20.9 Å². The van der Waals surface area contributed by atoms with Crippen LogP contribution in [0.15, 0.2) is 45.7 Å². The van der Waals surface area contributed by atoms with E-state index in [4.69, 9.17) is 21.7 Å². The predicted molar refractivity (Wildman–Crippen MR) is 118 cm³/mol. The third-order valence-corrected chi connectivity index (χ3v) is 6.13. The van der Waals surface area contributed by atoms with E-state index >= 15 is 0 Å². The lowest BCUT2D eigenvalue weighted by molar-refractivity contribution is -0.690. The van der Waals surface area contributed by atoms with Crippen LogP contribution in [0.3, 0.4) is 0 Å². The summed E-state index contributed by atoms with van der Waals surface area (Å²) in [6.45, 7) is 0.764. The summed E-state index contributed by atoms with van der Waals surface area (Å²) in [6, 6.07) is 10.7. The van der Waals surface area contributed by atoms with Gasteiger partial charge in [0.05, 0.1) is 26.5 Å². The number of aromatic hydroxyl groups is 1. The molecule has 1 aliphatic rings. The molecule has 156 valence electrons. The molecule has 30 heavy (non-hydrogen) atoms. The van der Waals surface area contributed by atoms with E-state index in [9.17, 15) is 9.90 Å². The number of fused-ring (bicyclic) bond motifs is 1. The Bertz CT molecular complexity index is 1220. The summed E-state index contributed by atoms with van der Waals surface area (Å²) in [7, 11) is 3.17. The number of aromatic nitrogens is 2. The van der Waals surface area contributed by atoms with Crippen LogP contribution in [0.4, 0.5) is 0 Å². The maximum Gasteiger partial charge on any atom is 0.265 e. The van der Waals surface area contributed by atoms with E-state index in [0.29, 0.717) is 17.2 Å². The van der Waals surface area contributed by atoms with Gasteiger partial charge >= 0.3 is 0 Å². The molecule has 3 aromatic rings. The molecule has 4 rings (SSSR count). The second kappa shape index (κ2) is 8.25. The highest BCUT2D eigenvalue weighted by Crippen LogP contribution is 2.36. The third kappa shape index (κ3) is 3.53. The Morgan fingerprint density at radius 1 is 1.20 bits per heavy atom. The van der Waals surface area contributed by atoms with Crippen LogP contribution in [-0.4, -0.2) is 35.4 Å². The first-order chi connectivity index (χ1) is 14.4. The zero-order valence-corrected chi connectivity index (χ0v) is 18.8. The van der Waals surface area contributed by atoms with Crippen molar-refractivity contribution < 1.29 is 19.9 Å². The van der Waals surface area contributed by atoms with Crippen molar-refractivity contribution in [3.63, 3.8) is 0 Å². The Balaban J connectivity index is 1.93.